The molecular weight excluding hydrogens is 316 g/mol. The summed E-state index contributed by atoms with van der Waals surface area (Å²) >= 11 is 5.66. The van der Waals surface area contributed by atoms with Crippen LogP contribution in [0.25, 0.3) is 0 Å². The second-order valence-electron chi connectivity index (χ2n) is 4.13. The zero-order chi connectivity index (χ0) is 15.5. The van der Waals surface area contributed by atoms with Gasteiger partial charge in [0.2, 0.25) is 10.0 Å². The van der Waals surface area contributed by atoms with Gasteiger partial charge in [0.1, 0.15) is 10.8 Å². The number of nitrogens with one attached hydrogen (secondary N) is 2. The number of anilines is 2. The van der Waals surface area contributed by atoms with Gasteiger partial charge >= 0.3 is 0 Å². The van der Waals surface area contributed by atoms with Crippen LogP contribution in [0.4, 0.5) is 11.4 Å². The Balaban J connectivity index is 2.08. The van der Waals surface area contributed by atoms with Crippen LogP contribution in [0, 0.1) is 0 Å². The van der Waals surface area contributed by atoms with Crippen LogP contribution in [0.1, 0.15) is 10.5 Å². The highest BCUT2D eigenvalue weighted by Crippen LogP contribution is 2.15. The summed E-state index contributed by atoms with van der Waals surface area (Å²) in [5.41, 5.74) is 0.972. The number of hydrogen-bond acceptors (Lipinski definition) is 5. The SMILES string of the molecule is CS(=O)(=O)Nc1ccc(NC(=O)c2cncc(Cl)n2)cc1. The Morgan fingerprint density at radius 2 is 1.76 bits per heavy atom. The Bertz CT molecular complexity index is 762. The van der Waals surface area contributed by atoms with Crippen LogP contribution in [0.2, 0.25) is 5.15 Å². The van der Waals surface area contributed by atoms with Gasteiger partial charge in [-0.1, -0.05) is 11.6 Å². The first kappa shape index (κ1) is 15.2. The molecule has 2 N–H and O–H groups in total. The average Bonchev–Trinajstić information content (AvgIpc) is 2.39. The summed E-state index contributed by atoms with van der Waals surface area (Å²) in [6.45, 7) is 0. The fraction of sp³-hybridized carbons (Fsp3) is 0.0833. The first-order valence-electron chi connectivity index (χ1n) is 5.70. The lowest BCUT2D eigenvalue weighted by Crippen LogP contribution is -2.14. The topological polar surface area (TPSA) is 101 Å². The molecule has 0 radical (unpaired) electrons. The van der Waals surface area contributed by atoms with Crippen molar-refractivity contribution in [2.45, 2.75) is 0 Å². The van der Waals surface area contributed by atoms with E-state index in [1.807, 2.05) is 0 Å². The first-order valence-corrected chi connectivity index (χ1v) is 7.97. The van der Waals surface area contributed by atoms with E-state index in [-0.39, 0.29) is 10.8 Å². The van der Waals surface area contributed by atoms with E-state index >= 15 is 0 Å². The smallest absolute Gasteiger partial charge is 0.275 e. The molecule has 2 rings (SSSR count). The molecule has 0 fully saturated rings. The summed E-state index contributed by atoms with van der Waals surface area (Å²) in [5, 5.41) is 2.72. The van der Waals surface area contributed by atoms with Gasteiger partial charge < -0.3 is 5.32 Å². The Morgan fingerprint density at radius 1 is 1.14 bits per heavy atom. The molecular formula is C12H11ClN4O3S. The lowest BCUT2D eigenvalue weighted by Gasteiger charge is -2.07. The molecule has 1 aromatic carbocycles. The van der Waals surface area contributed by atoms with Crippen LogP contribution in [-0.4, -0.2) is 30.5 Å². The molecule has 0 aliphatic heterocycles. The second kappa shape index (κ2) is 6.06. The highest BCUT2D eigenvalue weighted by Gasteiger charge is 2.09. The number of rotatable bonds is 4. The van der Waals surface area contributed by atoms with Crippen molar-refractivity contribution in [3.8, 4) is 0 Å². The number of aromatic nitrogens is 2. The van der Waals surface area contributed by atoms with Gasteiger partial charge in [-0.2, -0.15) is 0 Å². The van der Waals surface area contributed by atoms with Crippen molar-refractivity contribution in [3.05, 3.63) is 47.5 Å². The molecule has 1 aromatic heterocycles. The van der Waals surface area contributed by atoms with E-state index in [0.717, 1.165) is 6.26 Å². The Labute approximate surface area is 126 Å². The monoisotopic (exact) mass is 326 g/mol. The molecule has 0 aliphatic carbocycles. The third-order valence-electron chi connectivity index (χ3n) is 2.28. The molecule has 0 atom stereocenters. The van der Waals surface area contributed by atoms with E-state index in [0.29, 0.717) is 11.4 Å². The summed E-state index contributed by atoms with van der Waals surface area (Å²) in [5.74, 6) is -0.464. The summed E-state index contributed by atoms with van der Waals surface area (Å²) in [6, 6.07) is 6.17. The zero-order valence-corrected chi connectivity index (χ0v) is 12.4. The fourth-order valence-electron chi connectivity index (χ4n) is 1.48. The van der Waals surface area contributed by atoms with Gasteiger partial charge in [0.15, 0.2) is 0 Å². The number of halogens is 1. The van der Waals surface area contributed by atoms with E-state index < -0.39 is 15.9 Å². The van der Waals surface area contributed by atoms with E-state index in [1.54, 1.807) is 12.1 Å². The number of sulfonamides is 1. The molecule has 0 bridgehead atoms. The molecule has 1 heterocycles. The minimum atomic E-state index is -3.33. The minimum absolute atomic E-state index is 0.0841. The molecule has 2 aromatic rings. The van der Waals surface area contributed by atoms with E-state index in [1.165, 1.54) is 24.5 Å². The van der Waals surface area contributed by atoms with E-state index in [4.69, 9.17) is 11.6 Å². The molecule has 7 nitrogen and oxygen atoms in total. The third-order valence-corrected chi connectivity index (χ3v) is 3.07. The highest BCUT2D eigenvalue weighted by molar-refractivity contribution is 7.92. The number of benzene rings is 1. The minimum Gasteiger partial charge on any atom is -0.321 e. The van der Waals surface area contributed by atoms with Crippen LogP contribution >= 0.6 is 11.6 Å². The van der Waals surface area contributed by atoms with Gasteiger partial charge in [-0.25, -0.2) is 13.4 Å². The average molecular weight is 327 g/mol. The van der Waals surface area contributed by atoms with Crippen molar-refractivity contribution in [1.29, 1.82) is 0 Å². The quantitative estimate of drug-likeness (QED) is 0.891. The fourth-order valence-corrected chi connectivity index (χ4v) is 2.19. The van der Waals surface area contributed by atoms with Gasteiger partial charge in [-0.3, -0.25) is 14.5 Å². The summed E-state index contributed by atoms with van der Waals surface area (Å²) < 4.78 is 24.5. The van der Waals surface area contributed by atoms with Crippen molar-refractivity contribution < 1.29 is 13.2 Å². The Kier molecular flexibility index (Phi) is 4.39. The maximum absolute atomic E-state index is 11.9. The summed E-state index contributed by atoms with van der Waals surface area (Å²) in [7, 11) is -3.33. The number of carbonyl (C=O) groups is 1. The van der Waals surface area contributed by atoms with Crippen LogP contribution < -0.4 is 10.0 Å². The maximum Gasteiger partial charge on any atom is 0.275 e. The highest BCUT2D eigenvalue weighted by atomic mass is 35.5. The lowest BCUT2D eigenvalue weighted by atomic mass is 10.3. The molecule has 0 aliphatic rings. The lowest BCUT2D eigenvalue weighted by molar-refractivity contribution is 0.102. The number of nitrogens with zero attached hydrogens (tertiary/aromatic N) is 2. The molecule has 0 saturated carbocycles. The molecule has 0 saturated heterocycles. The molecule has 0 spiro atoms. The predicted octanol–water partition coefficient (Wildman–Crippen LogP) is 1.75. The maximum atomic E-state index is 11.9. The number of hydrogen-bond donors (Lipinski definition) is 2. The number of carbonyl (C=O) groups excluding carboxylic acids is 1. The van der Waals surface area contributed by atoms with Gasteiger partial charge in [0, 0.05) is 11.4 Å². The van der Waals surface area contributed by atoms with Crippen LogP contribution in [0.15, 0.2) is 36.7 Å². The standard InChI is InChI=1S/C12H11ClN4O3S/c1-21(19,20)17-9-4-2-8(3-5-9)15-12(18)10-6-14-7-11(13)16-10/h2-7,17H,1H3,(H,15,18). The largest absolute Gasteiger partial charge is 0.321 e. The predicted molar refractivity (Wildman–Crippen MR) is 79.9 cm³/mol. The van der Waals surface area contributed by atoms with Crippen LogP contribution in [0.5, 0.6) is 0 Å². The van der Waals surface area contributed by atoms with Crippen molar-refractivity contribution in [3.63, 3.8) is 0 Å². The van der Waals surface area contributed by atoms with Crippen LogP contribution in [-0.2, 0) is 10.0 Å². The Hall–Kier alpha value is -2.19. The van der Waals surface area contributed by atoms with Crippen molar-refractivity contribution in [2.24, 2.45) is 0 Å². The Morgan fingerprint density at radius 3 is 2.33 bits per heavy atom. The summed E-state index contributed by atoms with van der Waals surface area (Å²) in [4.78, 5) is 19.5. The summed E-state index contributed by atoms with van der Waals surface area (Å²) in [6.07, 6.45) is 3.67. The van der Waals surface area contributed by atoms with Crippen molar-refractivity contribution >= 4 is 38.9 Å². The van der Waals surface area contributed by atoms with E-state index in [9.17, 15) is 13.2 Å². The van der Waals surface area contributed by atoms with E-state index in [2.05, 4.69) is 20.0 Å². The van der Waals surface area contributed by atoms with Crippen molar-refractivity contribution in [1.82, 2.24) is 9.97 Å². The zero-order valence-electron chi connectivity index (χ0n) is 10.9. The normalized spacial score (nSPS) is 11.0. The van der Waals surface area contributed by atoms with Gasteiger partial charge in [-0.15, -0.1) is 0 Å². The van der Waals surface area contributed by atoms with Gasteiger partial charge in [0.05, 0.1) is 18.6 Å². The van der Waals surface area contributed by atoms with Gasteiger partial charge in [0.25, 0.3) is 5.91 Å². The molecule has 21 heavy (non-hydrogen) atoms. The molecule has 1 amide bonds. The molecule has 9 heteroatoms. The second-order valence-corrected chi connectivity index (χ2v) is 6.27. The van der Waals surface area contributed by atoms with Crippen LogP contribution in [0.3, 0.4) is 0 Å². The van der Waals surface area contributed by atoms with Gasteiger partial charge in [-0.05, 0) is 24.3 Å². The molecule has 110 valence electrons. The molecule has 0 unspecified atom stereocenters. The number of amides is 1. The van der Waals surface area contributed by atoms with Crippen molar-refractivity contribution in [2.75, 3.05) is 16.3 Å². The first-order chi connectivity index (χ1) is 9.83. The third kappa shape index (κ3) is 4.69.